The van der Waals surface area contributed by atoms with Gasteiger partial charge in [-0.05, 0) is 49.6 Å². The molecule has 0 spiro atoms. The second kappa shape index (κ2) is 6.58. The van der Waals surface area contributed by atoms with Crippen molar-refractivity contribution < 1.29 is 4.79 Å². The molecule has 0 radical (unpaired) electrons. The number of carbonyl (C=O) groups excluding carboxylic acids is 1. The van der Waals surface area contributed by atoms with Gasteiger partial charge in [-0.2, -0.15) is 0 Å². The van der Waals surface area contributed by atoms with Crippen LogP contribution >= 0.6 is 0 Å². The van der Waals surface area contributed by atoms with Crippen molar-refractivity contribution in [1.29, 1.82) is 0 Å². The van der Waals surface area contributed by atoms with Crippen LogP contribution in [0.2, 0.25) is 0 Å². The van der Waals surface area contributed by atoms with E-state index in [0.717, 1.165) is 44.8 Å². The SMILES string of the molecule is CN1CCN(CCC(=O)Nc2ccc3c(c2)CCC3)CC1. The summed E-state index contributed by atoms with van der Waals surface area (Å²) in [5.74, 6) is 0.131. The monoisotopic (exact) mass is 287 g/mol. The molecule has 1 aliphatic carbocycles. The molecule has 21 heavy (non-hydrogen) atoms. The maximum absolute atomic E-state index is 12.1. The standard InChI is InChI=1S/C17H25N3O/c1-19-9-11-20(12-10-19)8-7-17(21)18-16-6-5-14-3-2-4-15(14)13-16/h5-6,13H,2-4,7-12H2,1H3,(H,18,21). The summed E-state index contributed by atoms with van der Waals surface area (Å²) >= 11 is 0. The van der Waals surface area contributed by atoms with E-state index in [0.29, 0.717) is 6.42 Å². The highest BCUT2D eigenvalue weighted by molar-refractivity contribution is 5.91. The van der Waals surface area contributed by atoms with Crippen molar-refractivity contribution in [3.8, 4) is 0 Å². The van der Waals surface area contributed by atoms with Crippen LogP contribution in [-0.4, -0.2) is 55.5 Å². The molecule has 4 nitrogen and oxygen atoms in total. The summed E-state index contributed by atoms with van der Waals surface area (Å²) in [6.07, 6.45) is 4.17. The minimum absolute atomic E-state index is 0.131. The molecular weight excluding hydrogens is 262 g/mol. The minimum Gasteiger partial charge on any atom is -0.326 e. The number of anilines is 1. The highest BCUT2D eigenvalue weighted by Crippen LogP contribution is 2.24. The maximum Gasteiger partial charge on any atom is 0.225 e. The molecule has 1 heterocycles. The summed E-state index contributed by atoms with van der Waals surface area (Å²) in [5, 5.41) is 3.04. The Morgan fingerprint density at radius 3 is 2.71 bits per heavy atom. The zero-order valence-electron chi connectivity index (χ0n) is 12.9. The van der Waals surface area contributed by atoms with Crippen LogP contribution in [-0.2, 0) is 17.6 Å². The Bertz CT molecular complexity index is 507. The first-order valence-corrected chi connectivity index (χ1v) is 8.03. The number of hydrogen-bond donors (Lipinski definition) is 1. The molecule has 1 saturated heterocycles. The van der Waals surface area contributed by atoms with Gasteiger partial charge in [-0.3, -0.25) is 4.79 Å². The molecule has 1 aromatic rings. The van der Waals surface area contributed by atoms with Gasteiger partial charge in [-0.15, -0.1) is 0 Å². The van der Waals surface area contributed by atoms with Crippen LogP contribution in [0.3, 0.4) is 0 Å². The lowest BCUT2D eigenvalue weighted by Gasteiger charge is -2.32. The lowest BCUT2D eigenvalue weighted by atomic mass is 10.1. The molecule has 0 aromatic heterocycles. The van der Waals surface area contributed by atoms with E-state index in [1.165, 1.54) is 24.0 Å². The first kappa shape index (κ1) is 14.5. The van der Waals surface area contributed by atoms with Crippen LogP contribution in [0, 0.1) is 0 Å². The molecule has 0 atom stereocenters. The Balaban J connectivity index is 1.46. The Morgan fingerprint density at radius 2 is 1.90 bits per heavy atom. The quantitative estimate of drug-likeness (QED) is 0.916. The van der Waals surface area contributed by atoms with E-state index in [2.05, 4.69) is 34.3 Å². The fourth-order valence-corrected chi connectivity index (χ4v) is 3.20. The zero-order chi connectivity index (χ0) is 14.7. The number of nitrogens with zero attached hydrogens (tertiary/aromatic N) is 2. The summed E-state index contributed by atoms with van der Waals surface area (Å²) in [5.41, 5.74) is 3.82. The predicted octanol–water partition coefficient (Wildman–Crippen LogP) is 1.75. The maximum atomic E-state index is 12.1. The number of hydrogen-bond acceptors (Lipinski definition) is 3. The predicted molar refractivity (Wildman–Crippen MR) is 85.7 cm³/mol. The van der Waals surface area contributed by atoms with Crippen LogP contribution in [0.15, 0.2) is 18.2 Å². The van der Waals surface area contributed by atoms with Crippen LogP contribution < -0.4 is 5.32 Å². The van der Waals surface area contributed by atoms with Crippen molar-refractivity contribution in [1.82, 2.24) is 9.80 Å². The Hall–Kier alpha value is -1.39. The molecule has 4 heteroatoms. The molecule has 0 saturated carbocycles. The number of likely N-dealkylation sites (N-methyl/N-ethyl adjacent to an activating group) is 1. The average Bonchev–Trinajstić information content (AvgIpc) is 2.94. The third-order valence-electron chi connectivity index (χ3n) is 4.63. The number of rotatable bonds is 4. The summed E-state index contributed by atoms with van der Waals surface area (Å²) in [6, 6.07) is 6.35. The van der Waals surface area contributed by atoms with Crippen molar-refractivity contribution in [3.63, 3.8) is 0 Å². The van der Waals surface area contributed by atoms with Gasteiger partial charge < -0.3 is 15.1 Å². The fraction of sp³-hybridized carbons (Fsp3) is 0.588. The van der Waals surface area contributed by atoms with Crippen molar-refractivity contribution in [2.75, 3.05) is 45.1 Å². The van der Waals surface area contributed by atoms with Gasteiger partial charge in [0, 0.05) is 44.8 Å². The summed E-state index contributed by atoms with van der Waals surface area (Å²) in [4.78, 5) is 16.8. The number of nitrogens with one attached hydrogen (secondary N) is 1. The molecule has 0 bridgehead atoms. The number of carbonyl (C=O) groups is 1. The second-order valence-corrected chi connectivity index (χ2v) is 6.28. The lowest BCUT2D eigenvalue weighted by Crippen LogP contribution is -2.45. The van der Waals surface area contributed by atoms with E-state index in [1.54, 1.807) is 0 Å². The van der Waals surface area contributed by atoms with Gasteiger partial charge >= 0.3 is 0 Å². The summed E-state index contributed by atoms with van der Waals surface area (Å²) < 4.78 is 0. The van der Waals surface area contributed by atoms with E-state index < -0.39 is 0 Å². The average molecular weight is 287 g/mol. The molecule has 1 aromatic carbocycles. The number of benzene rings is 1. The largest absolute Gasteiger partial charge is 0.326 e. The highest BCUT2D eigenvalue weighted by atomic mass is 16.1. The van der Waals surface area contributed by atoms with Crippen LogP contribution in [0.5, 0.6) is 0 Å². The van der Waals surface area contributed by atoms with Gasteiger partial charge in [0.15, 0.2) is 0 Å². The molecular formula is C17H25N3O. The first-order chi connectivity index (χ1) is 10.2. The number of piperazine rings is 1. The number of aryl methyl sites for hydroxylation is 2. The van der Waals surface area contributed by atoms with Gasteiger partial charge in [0.05, 0.1) is 0 Å². The van der Waals surface area contributed by atoms with Crippen molar-refractivity contribution in [2.45, 2.75) is 25.7 Å². The molecule has 1 amide bonds. The molecule has 114 valence electrons. The molecule has 1 aliphatic heterocycles. The van der Waals surface area contributed by atoms with E-state index >= 15 is 0 Å². The van der Waals surface area contributed by atoms with Gasteiger partial charge in [0.1, 0.15) is 0 Å². The minimum atomic E-state index is 0.131. The first-order valence-electron chi connectivity index (χ1n) is 8.03. The van der Waals surface area contributed by atoms with Crippen molar-refractivity contribution >= 4 is 11.6 Å². The van der Waals surface area contributed by atoms with E-state index in [4.69, 9.17) is 0 Å². The second-order valence-electron chi connectivity index (χ2n) is 6.28. The van der Waals surface area contributed by atoms with E-state index in [9.17, 15) is 4.79 Å². The van der Waals surface area contributed by atoms with Crippen LogP contribution in [0.4, 0.5) is 5.69 Å². The lowest BCUT2D eigenvalue weighted by molar-refractivity contribution is -0.116. The fourth-order valence-electron chi connectivity index (χ4n) is 3.20. The molecule has 1 fully saturated rings. The van der Waals surface area contributed by atoms with Gasteiger partial charge in [0.25, 0.3) is 0 Å². The zero-order valence-corrected chi connectivity index (χ0v) is 12.9. The Labute approximate surface area is 127 Å². The Morgan fingerprint density at radius 1 is 1.14 bits per heavy atom. The summed E-state index contributed by atoms with van der Waals surface area (Å²) in [6.45, 7) is 5.22. The van der Waals surface area contributed by atoms with Gasteiger partial charge in [-0.25, -0.2) is 0 Å². The van der Waals surface area contributed by atoms with Crippen molar-refractivity contribution in [3.05, 3.63) is 29.3 Å². The smallest absolute Gasteiger partial charge is 0.225 e. The third-order valence-corrected chi connectivity index (χ3v) is 4.63. The number of fused-ring (bicyclic) bond motifs is 1. The van der Waals surface area contributed by atoms with E-state index in [-0.39, 0.29) is 5.91 Å². The van der Waals surface area contributed by atoms with Gasteiger partial charge in [-0.1, -0.05) is 6.07 Å². The van der Waals surface area contributed by atoms with E-state index in [1.807, 2.05) is 6.07 Å². The van der Waals surface area contributed by atoms with Crippen LogP contribution in [0.1, 0.15) is 24.0 Å². The Kier molecular flexibility index (Phi) is 4.56. The topological polar surface area (TPSA) is 35.6 Å². The third kappa shape index (κ3) is 3.83. The molecule has 3 rings (SSSR count). The number of amides is 1. The normalized spacial score (nSPS) is 19.5. The molecule has 1 N–H and O–H groups in total. The summed E-state index contributed by atoms with van der Waals surface area (Å²) in [7, 11) is 2.15. The molecule has 2 aliphatic rings. The molecule has 0 unspecified atom stereocenters. The highest BCUT2D eigenvalue weighted by Gasteiger charge is 2.15. The van der Waals surface area contributed by atoms with Gasteiger partial charge in [0.2, 0.25) is 5.91 Å². The van der Waals surface area contributed by atoms with Crippen molar-refractivity contribution in [2.24, 2.45) is 0 Å². The van der Waals surface area contributed by atoms with Crippen LogP contribution in [0.25, 0.3) is 0 Å².